The van der Waals surface area contributed by atoms with Gasteiger partial charge in [0.15, 0.2) is 0 Å². The zero-order valence-corrected chi connectivity index (χ0v) is 9.74. The van der Waals surface area contributed by atoms with Crippen LogP contribution in [-0.4, -0.2) is 25.9 Å². The zero-order chi connectivity index (χ0) is 11.2. The highest BCUT2D eigenvalue weighted by Gasteiger charge is 2.13. The third-order valence-electron chi connectivity index (χ3n) is 2.74. The molecule has 1 N–H and O–H groups in total. The summed E-state index contributed by atoms with van der Waals surface area (Å²) in [6.07, 6.45) is 2.16. The molecule has 0 unspecified atom stereocenters. The predicted molar refractivity (Wildman–Crippen MR) is 65.1 cm³/mol. The van der Waals surface area contributed by atoms with Crippen molar-refractivity contribution in [2.24, 2.45) is 0 Å². The summed E-state index contributed by atoms with van der Waals surface area (Å²) in [6.45, 7) is 4.44. The summed E-state index contributed by atoms with van der Waals surface area (Å²) in [4.78, 5) is 0. The van der Waals surface area contributed by atoms with Crippen LogP contribution in [0, 0.1) is 0 Å². The molecule has 3 heteroatoms. The van der Waals surface area contributed by atoms with Gasteiger partial charge < -0.3 is 14.8 Å². The molecular formula is C13H19NO2. The summed E-state index contributed by atoms with van der Waals surface area (Å²) in [5, 5.41) is 3.52. The number of rotatable bonds is 4. The maximum Gasteiger partial charge on any atom is 0.121 e. The molecule has 1 saturated heterocycles. The van der Waals surface area contributed by atoms with Crippen LogP contribution in [0.1, 0.15) is 19.8 Å². The first kappa shape index (κ1) is 11.3. The Kier molecular flexibility index (Phi) is 4.05. The van der Waals surface area contributed by atoms with E-state index in [0.29, 0.717) is 12.6 Å². The molecule has 0 radical (unpaired) electrons. The Hall–Kier alpha value is -1.22. The third kappa shape index (κ3) is 3.14. The van der Waals surface area contributed by atoms with Gasteiger partial charge in [-0.05, 0) is 31.9 Å². The van der Waals surface area contributed by atoms with Crippen molar-refractivity contribution in [2.45, 2.75) is 25.8 Å². The molecule has 88 valence electrons. The molecule has 0 saturated carbocycles. The van der Waals surface area contributed by atoms with Gasteiger partial charge in [0.2, 0.25) is 0 Å². The molecule has 0 aromatic heterocycles. The SMILES string of the molecule is CCOc1cccc(NC2CCOCC2)c1. The molecule has 1 aliphatic rings. The Morgan fingerprint density at radius 3 is 2.94 bits per heavy atom. The van der Waals surface area contributed by atoms with Gasteiger partial charge in [0.25, 0.3) is 0 Å². The van der Waals surface area contributed by atoms with E-state index in [-0.39, 0.29) is 0 Å². The minimum atomic E-state index is 0.533. The normalized spacial score (nSPS) is 17.1. The van der Waals surface area contributed by atoms with E-state index in [1.54, 1.807) is 0 Å². The van der Waals surface area contributed by atoms with Crippen molar-refractivity contribution in [1.82, 2.24) is 0 Å². The maximum absolute atomic E-state index is 5.47. The first-order valence-corrected chi connectivity index (χ1v) is 5.95. The number of nitrogens with one attached hydrogen (secondary N) is 1. The number of anilines is 1. The third-order valence-corrected chi connectivity index (χ3v) is 2.74. The molecule has 1 aromatic carbocycles. The number of benzene rings is 1. The van der Waals surface area contributed by atoms with Crippen molar-refractivity contribution in [2.75, 3.05) is 25.1 Å². The Bertz CT molecular complexity index is 321. The highest BCUT2D eigenvalue weighted by atomic mass is 16.5. The summed E-state index contributed by atoms with van der Waals surface area (Å²) in [5.41, 5.74) is 1.14. The van der Waals surface area contributed by atoms with Crippen molar-refractivity contribution in [3.8, 4) is 5.75 Å². The van der Waals surface area contributed by atoms with Crippen molar-refractivity contribution in [3.63, 3.8) is 0 Å². The zero-order valence-electron chi connectivity index (χ0n) is 9.74. The standard InChI is InChI=1S/C13H19NO2/c1-2-16-13-5-3-4-12(10-13)14-11-6-8-15-9-7-11/h3-5,10-11,14H,2,6-9H2,1H3. The fraction of sp³-hybridized carbons (Fsp3) is 0.538. The highest BCUT2D eigenvalue weighted by Crippen LogP contribution is 2.20. The van der Waals surface area contributed by atoms with Gasteiger partial charge in [0, 0.05) is 31.0 Å². The molecule has 1 aromatic rings. The Labute approximate surface area is 96.8 Å². The van der Waals surface area contributed by atoms with Crippen LogP contribution in [0.2, 0.25) is 0 Å². The van der Waals surface area contributed by atoms with Crippen LogP contribution < -0.4 is 10.1 Å². The smallest absolute Gasteiger partial charge is 0.121 e. The van der Waals surface area contributed by atoms with E-state index < -0.39 is 0 Å². The Morgan fingerprint density at radius 2 is 2.19 bits per heavy atom. The van der Waals surface area contributed by atoms with Gasteiger partial charge in [-0.25, -0.2) is 0 Å². The highest BCUT2D eigenvalue weighted by molar-refractivity contribution is 5.48. The lowest BCUT2D eigenvalue weighted by Gasteiger charge is -2.24. The monoisotopic (exact) mass is 221 g/mol. The van der Waals surface area contributed by atoms with Crippen LogP contribution in [0.25, 0.3) is 0 Å². The number of ether oxygens (including phenoxy) is 2. The lowest BCUT2D eigenvalue weighted by Crippen LogP contribution is -2.27. The lowest BCUT2D eigenvalue weighted by atomic mass is 10.1. The van der Waals surface area contributed by atoms with Crippen LogP contribution in [0.4, 0.5) is 5.69 Å². The van der Waals surface area contributed by atoms with E-state index in [0.717, 1.165) is 37.5 Å². The maximum atomic E-state index is 5.47. The lowest BCUT2D eigenvalue weighted by molar-refractivity contribution is 0.0904. The fourth-order valence-electron chi connectivity index (χ4n) is 1.92. The van der Waals surface area contributed by atoms with Gasteiger partial charge in [-0.3, -0.25) is 0 Å². The number of hydrogen-bond donors (Lipinski definition) is 1. The topological polar surface area (TPSA) is 30.5 Å². The molecule has 0 aliphatic carbocycles. The molecule has 0 bridgehead atoms. The van der Waals surface area contributed by atoms with Gasteiger partial charge >= 0.3 is 0 Å². The second-order valence-electron chi connectivity index (χ2n) is 3.99. The minimum absolute atomic E-state index is 0.533. The van der Waals surface area contributed by atoms with E-state index in [9.17, 15) is 0 Å². The molecule has 1 fully saturated rings. The van der Waals surface area contributed by atoms with E-state index in [2.05, 4.69) is 17.4 Å². The van der Waals surface area contributed by atoms with Gasteiger partial charge in [0.05, 0.1) is 6.61 Å². The van der Waals surface area contributed by atoms with E-state index >= 15 is 0 Å². The average Bonchev–Trinajstić information content (AvgIpc) is 2.31. The van der Waals surface area contributed by atoms with Gasteiger partial charge in [0.1, 0.15) is 5.75 Å². The van der Waals surface area contributed by atoms with E-state index in [4.69, 9.17) is 9.47 Å². The largest absolute Gasteiger partial charge is 0.494 e. The van der Waals surface area contributed by atoms with Crippen LogP contribution >= 0.6 is 0 Å². The molecule has 3 nitrogen and oxygen atoms in total. The van der Waals surface area contributed by atoms with Gasteiger partial charge in [-0.15, -0.1) is 0 Å². The first-order valence-electron chi connectivity index (χ1n) is 5.95. The average molecular weight is 221 g/mol. The van der Waals surface area contributed by atoms with Crippen molar-refractivity contribution in [3.05, 3.63) is 24.3 Å². The van der Waals surface area contributed by atoms with Crippen LogP contribution in [0.15, 0.2) is 24.3 Å². The van der Waals surface area contributed by atoms with Gasteiger partial charge in [-0.2, -0.15) is 0 Å². The Morgan fingerprint density at radius 1 is 1.38 bits per heavy atom. The quantitative estimate of drug-likeness (QED) is 0.848. The summed E-state index contributed by atoms with van der Waals surface area (Å²) in [7, 11) is 0. The van der Waals surface area contributed by atoms with Gasteiger partial charge in [-0.1, -0.05) is 6.07 Å². The second-order valence-corrected chi connectivity index (χ2v) is 3.99. The number of hydrogen-bond acceptors (Lipinski definition) is 3. The molecule has 1 aliphatic heterocycles. The fourth-order valence-corrected chi connectivity index (χ4v) is 1.92. The van der Waals surface area contributed by atoms with Crippen LogP contribution in [0.3, 0.4) is 0 Å². The van der Waals surface area contributed by atoms with Crippen LogP contribution in [0.5, 0.6) is 5.75 Å². The molecule has 1 heterocycles. The molecular weight excluding hydrogens is 202 g/mol. The Balaban J connectivity index is 1.94. The molecule has 2 rings (SSSR count). The summed E-state index contributed by atoms with van der Waals surface area (Å²) in [6, 6.07) is 8.67. The summed E-state index contributed by atoms with van der Waals surface area (Å²) < 4.78 is 10.8. The van der Waals surface area contributed by atoms with Crippen molar-refractivity contribution < 1.29 is 9.47 Å². The van der Waals surface area contributed by atoms with E-state index in [1.807, 2.05) is 19.1 Å². The summed E-state index contributed by atoms with van der Waals surface area (Å²) in [5.74, 6) is 0.930. The van der Waals surface area contributed by atoms with Crippen molar-refractivity contribution in [1.29, 1.82) is 0 Å². The molecule has 16 heavy (non-hydrogen) atoms. The molecule has 0 amide bonds. The van der Waals surface area contributed by atoms with E-state index in [1.165, 1.54) is 0 Å². The molecule has 0 atom stereocenters. The minimum Gasteiger partial charge on any atom is -0.494 e. The van der Waals surface area contributed by atoms with Crippen LogP contribution in [-0.2, 0) is 4.74 Å². The van der Waals surface area contributed by atoms with Crippen molar-refractivity contribution >= 4 is 5.69 Å². The first-order chi connectivity index (χ1) is 7.88. The predicted octanol–water partition coefficient (Wildman–Crippen LogP) is 2.68. The second kappa shape index (κ2) is 5.75. The molecule has 0 spiro atoms. The summed E-state index contributed by atoms with van der Waals surface area (Å²) >= 11 is 0.